The van der Waals surface area contributed by atoms with Crippen LogP contribution in [-0.4, -0.2) is 47.2 Å². The number of benzene rings is 1. The van der Waals surface area contributed by atoms with Gasteiger partial charge in [0.2, 0.25) is 0 Å². The van der Waals surface area contributed by atoms with E-state index in [1.54, 1.807) is 24.3 Å². The largest absolute Gasteiger partial charge is 0.461 e. The molecule has 1 aromatic carbocycles. The zero-order chi connectivity index (χ0) is 17.3. The topological polar surface area (TPSA) is 71.1 Å². The molecule has 2 aliphatic rings. The number of hydrogen-bond donors (Lipinski definition) is 0. The number of carbonyl (C=O) groups is 2. The maximum Gasteiger partial charge on any atom is 0.338 e. The number of hydrogen-bond acceptors (Lipinski definition) is 7. The van der Waals surface area contributed by atoms with Gasteiger partial charge in [-0.1, -0.05) is 18.2 Å². The summed E-state index contributed by atoms with van der Waals surface area (Å²) in [6.07, 6.45) is -0.660. The summed E-state index contributed by atoms with van der Waals surface area (Å²) in [4.78, 5) is 23.4. The maximum atomic E-state index is 12.1. The smallest absolute Gasteiger partial charge is 0.338 e. The van der Waals surface area contributed by atoms with Crippen molar-refractivity contribution in [2.24, 2.45) is 0 Å². The minimum atomic E-state index is -0.754. The third-order valence-electron chi connectivity index (χ3n) is 3.78. The molecule has 2 saturated heterocycles. The molecule has 130 valence electrons. The molecular weight excluding hydrogens is 332 g/mol. The van der Waals surface area contributed by atoms with Crippen molar-refractivity contribution in [3.8, 4) is 0 Å². The molecule has 0 aliphatic carbocycles. The fourth-order valence-corrected chi connectivity index (χ4v) is 4.26. The van der Waals surface area contributed by atoms with Crippen LogP contribution in [0.1, 0.15) is 31.1 Å². The molecular formula is C17H20O6S. The van der Waals surface area contributed by atoms with Crippen molar-refractivity contribution in [3.63, 3.8) is 0 Å². The zero-order valence-electron chi connectivity index (χ0n) is 13.8. The van der Waals surface area contributed by atoms with Gasteiger partial charge < -0.3 is 18.9 Å². The summed E-state index contributed by atoms with van der Waals surface area (Å²) in [5.41, 5.74) is 0.0344. The average Bonchev–Trinajstić information content (AvgIpc) is 3.00. The third-order valence-corrected chi connectivity index (χ3v) is 5.16. The molecule has 24 heavy (non-hydrogen) atoms. The van der Waals surface area contributed by atoms with E-state index in [9.17, 15) is 9.59 Å². The molecule has 0 saturated carbocycles. The van der Waals surface area contributed by atoms with E-state index >= 15 is 0 Å². The van der Waals surface area contributed by atoms with Gasteiger partial charge in [-0.05, 0) is 26.0 Å². The number of ether oxygens (including phenoxy) is 4. The molecule has 0 N–H and O–H groups in total. The highest BCUT2D eigenvalue weighted by Crippen LogP contribution is 2.46. The highest BCUT2D eigenvalue weighted by Gasteiger charge is 2.56. The fraction of sp³-hybridized carbons (Fsp3) is 0.529. The van der Waals surface area contributed by atoms with E-state index in [-0.39, 0.29) is 36.0 Å². The van der Waals surface area contributed by atoms with Crippen LogP contribution in [0.5, 0.6) is 0 Å². The Balaban J connectivity index is 1.64. The lowest BCUT2D eigenvalue weighted by Crippen LogP contribution is -2.33. The molecule has 0 aromatic heterocycles. The van der Waals surface area contributed by atoms with E-state index in [1.807, 2.05) is 19.9 Å². The lowest BCUT2D eigenvalue weighted by molar-refractivity contribution is -0.163. The summed E-state index contributed by atoms with van der Waals surface area (Å²) >= 11 is 1.40. The van der Waals surface area contributed by atoms with Crippen LogP contribution in [0.25, 0.3) is 0 Å². The second-order valence-electron chi connectivity index (χ2n) is 6.18. The van der Waals surface area contributed by atoms with Gasteiger partial charge in [-0.2, -0.15) is 0 Å². The molecule has 2 heterocycles. The summed E-state index contributed by atoms with van der Waals surface area (Å²) in [6, 6.07) is 8.80. The first kappa shape index (κ1) is 17.3. The normalized spacial score (nSPS) is 30.6. The van der Waals surface area contributed by atoms with Gasteiger partial charge in [0.15, 0.2) is 11.2 Å². The molecule has 0 radical (unpaired) electrons. The van der Waals surface area contributed by atoms with Gasteiger partial charge in [0, 0.05) is 6.92 Å². The van der Waals surface area contributed by atoms with Crippen molar-refractivity contribution in [2.45, 2.75) is 49.5 Å². The second kappa shape index (κ2) is 6.74. The highest BCUT2D eigenvalue weighted by molar-refractivity contribution is 8.00. The zero-order valence-corrected chi connectivity index (χ0v) is 14.6. The molecule has 2 aliphatic heterocycles. The highest BCUT2D eigenvalue weighted by atomic mass is 32.2. The van der Waals surface area contributed by atoms with Crippen LogP contribution in [0.15, 0.2) is 30.3 Å². The molecule has 7 heteroatoms. The van der Waals surface area contributed by atoms with Gasteiger partial charge >= 0.3 is 11.9 Å². The van der Waals surface area contributed by atoms with Crippen LogP contribution in [0.2, 0.25) is 0 Å². The number of fused-ring (bicyclic) bond motifs is 1. The standard InChI is InChI=1S/C17H20O6S/c1-10(18)21-16-14-13(22-17(2,3)23-14)12(24-16)9-20-15(19)11-7-5-4-6-8-11/h4-8,12-14,16H,9H2,1-3H3/t12-,13-,14-,16-/m1/s1. The predicted molar refractivity (Wildman–Crippen MR) is 87.5 cm³/mol. The van der Waals surface area contributed by atoms with E-state index in [0.29, 0.717) is 5.56 Å². The molecule has 0 spiro atoms. The lowest BCUT2D eigenvalue weighted by Gasteiger charge is -2.23. The van der Waals surface area contributed by atoms with Crippen molar-refractivity contribution in [2.75, 3.05) is 6.61 Å². The Hall–Kier alpha value is -1.57. The van der Waals surface area contributed by atoms with Gasteiger partial charge in [0.1, 0.15) is 18.8 Å². The lowest BCUT2D eigenvalue weighted by atomic mass is 10.1. The van der Waals surface area contributed by atoms with Crippen molar-refractivity contribution in [1.29, 1.82) is 0 Å². The van der Waals surface area contributed by atoms with Crippen molar-refractivity contribution in [3.05, 3.63) is 35.9 Å². The summed E-state index contributed by atoms with van der Waals surface area (Å²) < 4.78 is 22.5. The quantitative estimate of drug-likeness (QED) is 0.770. The summed E-state index contributed by atoms with van der Waals surface area (Å²) in [5.74, 6) is -1.51. The van der Waals surface area contributed by atoms with Crippen molar-refractivity contribution >= 4 is 23.7 Å². The molecule has 6 nitrogen and oxygen atoms in total. The average molecular weight is 352 g/mol. The molecule has 3 rings (SSSR count). The summed E-state index contributed by atoms with van der Waals surface area (Å²) in [6.45, 7) is 5.15. The Kier molecular flexibility index (Phi) is 4.85. The van der Waals surface area contributed by atoms with E-state index in [1.165, 1.54) is 18.7 Å². The Morgan fingerprint density at radius 3 is 2.50 bits per heavy atom. The van der Waals surface area contributed by atoms with E-state index in [4.69, 9.17) is 18.9 Å². The van der Waals surface area contributed by atoms with Gasteiger partial charge in [0.05, 0.1) is 10.8 Å². The van der Waals surface area contributed by atoms with E-state index in [2.05, 4.69) is 0 Å². The van der Waals surface area contributed by atoms with Crippen LogP contribution >= 0.6 is 11.8 Å². The van der Waals surface area contributed by atoms with Crippen LogP contribution < -0.4 is 0 Å². The first-order valence-corrected chi connectivity index (χ1v) is 8.70. The van der Waals surface area contributed by atoms with Crippen LogP contribution in [0, 0.1) is 0 Å². The van der Waals surface area contributed by atoms with Crippen molar-refractivity contribution in [1.82, 2.24) is 0 Å². The monoisotopic (exact) mass is 352 g/mol. The molecule has 1 aromatic rings. The number of thioether (sulfide) groups is 1. The molecule has 0 bridgehead atoms. The Bertz CT molecular complexity index is 617. The Morgan fingerprint density at radius 1 is 1.17 bits per heavy atom. The third kappa shape index (κ3) is 3.74. The van der Waals surface area contributed by atoms with Gasteiger partial charge in [-0.15, -0.1) is 11.8 Å². The second-order valence-corrected chi connectivity index (χ2v) is 7.52. The molecule has 0 unspecified atom stereocenters. The Labute approximate surface area is 144 Å². The summed E-state index contributed by atoms with van der Waals surface area (Å²) in [5, 5.41) is -0.159. The molecule has 4 atom stereocenters. The van der Waals surface area contributed by atoms with Crippen LogP contribution in [-0.2, 0) is 23.7 Å². The number of esters is 2. The number of carbonyl (C=O) groups excluding carboxylic acids is 2. The first-order valence-electron chi connectivity index (χ1n) is 7.76. The van der Waals surface area contributed by atoms with E-state index in [0.717, 1.165) is 0 Å². The SMILES string of the molecule is CC(=O)O[C@@H]1S[C@H](COC(=O)c2ccccc2)[C@H]2OC(C)(C)O[C@H]21. The Morgan fingerprint density at radius 2 is 1.83 bits per heavy atom. The van der Waals surface area contributed by atoms with E-state index < -0.39 is 11.2 Å². The predicted octanol–water partition coefficient (Wildman–Crippen LogP) is 2.37. The van der Waals surface area contributed by atoms with Crippen LogP contribution in [0.3, 0.4) is 0 Å². The number of rotatable bonds is 4. The van der Waals surface area contributed by atoms with Gasteiger partial charge in [-0.25, -0.2) is 4.79 Å². The maximum absolute atomic E-state index is 12.1. The van der Waals surface area contributed by atoms with Crippen molar-refractivity contribution < 1.29 is 28.5 Å². The van der Waals surface area contributed by atoms with Gasteiger partial charge in [-0.3, -0.25) is 4.79 Å². The molecule has 2 fully saturated rings. The first-order chi connectivity index (χ1) is 11.4. The minimum Gasteiger partial charge on any atom is -0.461 e. The summed E-state index contributed by atoms with van der Waals surface area (Å²) in [7, 11) is 0. The molecule has 0 amide bonds. The minimum absolute atomic E-state index is 0.159. The van der Waals surface area contributed by atoms with Crippen LogP contribution in [0.4, 0.5) is 0 Å². The van der Waals surface area contributed by atoms with Gasteiger partial charge in [0.25, 0.3) is 0 Å². The fourth-order valence-electron chi connectivity index (χ4n) is 2.85.